The summed E-state index contributed by atoms with van der Waals surface area (Å²) in [5.41, 5.74) is 0.878. The summed E-state index contributed by atoms with van der Waals surface area (Å²) in [6, 6.07) is 8.38. The predicted octanol–water partition coefficient (Wildman–Crippen LogP) is -0.282. The van der Waals surface area contributed by atoms with Gasteiger partial charge in [-0.15, -0.1) is 0 Å². The number of esters is 1. The van der Waals surface area contributed by atoms with Crippen LogP contribution in [0.2, 0.25) is 0 Å². The lowest BCUT2D eigenvalue weighted by atomic mass is 9.96. The summed E-state index contributed by atoms with van der Waals surface area (Å²) in [7, 11) is 0. The van der Waals surface area contributed by atoms with E-state index in [1.165, 1.54) is 13.8 Å². The Morgan fingerprint density at radius 1 is 1.24 bits per heavy atom. The Morgan fingerprint density at radius 3 is 2.48 bits per heavy atom. The van der Waals surface area contributed by atoms with Crippen molar-refractivity contribution in [2.24, 2.45) is 0 Å². The van der Waals surface area contributed by atoms with E-state index in [9.17, 15) is 19.8 Å². The van der Waals surface area contributed by atoms with Gasteiger partial charge in [0.1, 0.15) is 18.2 Å². The zero-order chi connectivity index (χ0) is 18.4. The van der Waals surface area contributed by atoms with Crippen LogP contribution in [0.5, 0.6) is 0 Å². The lowest BCUT2D eigenvalue weighted by Crippen LogP contribution is -2.65. The summed E-state index contributed by atoms with van der Waals surface area (Å²) >= 11 is 0. The van der Waals surface area contributed by atoms with Gasteiger partial charge in [-0.1, -0.05) is 30.3 Å². The number of amides is 1. The van der Waals surface area contributed by atoms with E-state index in [-0.39, 0.29) is 6.61 Å². The first-order valence-electron chi connectivity index (χ1n) is 7.96. The number of carbonyl (C=O) groups is 2. The lowest BCUT2D eigenvalue weighted by Gasteiger charge is -2.43. The SMILES string of the molecule is CC(=O)NC1C(OCc2ccccc2)OC(CO)C(O)C1OC(C)=O. The number of hydrogen-bond donors (Lipinski definition) is 3. The van der Waals surface area contributed by atoms with Crippen LogP contribution in [0.3, 0.4) is 0 Å². The zero-order valence-corrected chi connectivity index (χ0v) is 14.1. The highest BCUT2D eigenvalue weighted by molar-refractivity contribution is 5.73. The minimum Gasteiger partial charge on any atom is -0.457 e. The minimum absolute atomic E-state index is 0.183. The summed E-state index contributed by atoms with van der Waals surface area (Å²) in [5.74, 6) is -1.02. The van der Waals surface area contributed by atoms with E-state index in [1.807, 2.05) is 30.3 Å². The average Bonchev–Trinajstić information content (AvgIpc) is 2.57. The minimum atomic E-state index is -1.30. The van der Waals surface area contributed by atoms with E-state index in [0.29, 0.717) is 0 Å². The molecule has 3 N–H and O–H groups in total. The molecule has 0 bridgehead atoms. The smallest absolute Gasteiger partial charge is 0.303 e. The molecule has 1 heterocycles. The van der Waals surface area contributed by atoms with Crippen LogP contribution >= 0.6 is 0 Å². The van der Waals surface area contributed by atoms with Gasteiger partial charge in [0.05, 0.1) is 13.2 Å². The van der Waals surface area contributed by atoms with Gasteiger partial charge in [-0.2, -0.15) is 0 Å². The fourth-order valence-corrected chi connectivity index (χ4v) is 2.68. The molecule has 0 saturated carbocycles. The Kier molecular flexibility index (Phi) is 6.89. The van der Waals surface area contributed by atoms with Crippen molar-refractivity contribution in [3.63, 3.8) is 0 Å². The molecule has 1 aliphatic heterocycles. The molecule has 8 nitrogen and oxygen atoms in total. The maximum Gasteiger partial charge on any atom is 0.303 e. The van der Waals surface area contributed by atoms with Crippen molar-refractivity contribution in [1.29, 1.82) is 0 Å². The second-order valence-corrected chi connectivity index (χ2v) is 5.81. The van der Waals surface area contributed by atoms with Crippen LogP contribution < -0.4 is 5.32 Å². The van der Waals surface area contributed by atoms with E-state index in [2.05, 4.69) is 5.32 Å². The van der Waals surface area contributed by atoms with Gasteiger partial charge in [0.15, 0.2) is 12.4 Å². The second kappa shape index (κ2) is 8.91. The van der Waals surface area contributed by atoms with Gasteiger partial charge in [0.25, 0.3) is 0 Å². The molecule has 1 saturated heterocycles. The Morgan fingerprint density at radius 2 is 1.92 bits per heavy atom. The van der Waals surface area contributed by atoms with E-state index in [0.717, 1.165) is 5.56 Å². The van der Waals surface area contributed by atoms with Crippen molar-refractivity contribution in [2.75, 3.05) is 6.61 Å². The number of rotatable bonds is 6. The first-order valence-corrected chi connectivity index (χ1v) is 7.96. The first-order chi connectivity index (χ1) is 11.9. The van der Waals surface area contributed by atoms with Crippen LogP contribution in [0.4, 0.5) is 0 Å². The Hall–Kier alpha value is -2.00. The number of nitrogens with one attached hydrogen (secondary N) is 1. The fourth-order valence-electron chi connectivity index (χ4n) is 2.68. The van der Waals surface area contributed by atoms with Gasteiger partial charge < -0.3 is 29.7 Å². The van der Waals surface area contributed by atoms with E-state index < -0.39 is 49.1 Å². The van der Waals surface area contributed by atoms with Crippen LogP contribution in [0.15, 0.2) is 30.3 Å². The molecule has 1 fully saturated rings. The first kappa shape index (κ1) is 19.3. The van der Waals surface area contributed by atoms with Crippen molar-refractivity contribution in [1.82, 2.24) is 5.32 Å². The Balaban J connectivity index is 2.19. The molecule has 0 aliphatic carbocycles. The number of carbonyl (C=O) groups excluding carboxylic acids is 2. The molecule has 1 amide bonds. The molecule has 5 atom stereocenters. The van der Waals surface area contributed by atoms with Gasteiger partial charge >= 0.3 is 5.97 Å². The molecular weight excluding hydrogens is 330 g/mol. The van der Waals surface area contributed by atoms with Gasteiger partial charge in [-0.3, -0.25) is 9.59 Å². The summed E-state index contributed by atoms with van der Waals surface area (Å²) in [6.45, 7) is 2.18. The topological polar surface area (TPSA) is 114 Å². The number of aliphatic hydroxyl groups excluding tert-OH is 2. The lowest BCUT2D eigenvalue weighted by molar-refractivity contribution is -0.276. The summed E-state index contributed by atoms with van der Waals surface area (Å²) < 4.78 is 16.4. The molecule has 0 aromatic heterocycles. The maximum atomic E-state index is 11.5. The van der Waals surface area contributed by atoms with E-state index in [1.54, 1.807) is 0 Å². The number of hydrogen-bond acceptors (Lipinski definition) is 7. The van der Waals surface area contributed by atoms with Crippen LogP contribution in [0, 0.1) is 0 Å². The molecule has 2 rings (SSSR count). The van der Waals surface area contributed by atoms with Crippen LogP contribution in [0.25, 0.3) is 0 Å². The molecule has 8 heteroatoms. The molecule has 1 aromatic carbocycles. The molecule has 25 heavy (non-hydrogen) atoms. The summed E-state index contributed by atoms with van der Waals surface area (Å²) in [4.78, 5) is 22.9. The molecule has 0 spiro atoms. The highest BCUT2D eigenvalue weighted by Gasteiger charge is 2.48. The van der Waals surface area contributed by atoms with Crippen molar-refractivity contribution in [2.45, 2.75) is 51.1 Å². The Bertz CT molecular complexity index is 580. The molecule has 1 aliphatic rings. The quantitative estimate of drug-likeness (QED) is 0.603. The van der Waals surface area contributed by atoms with Gasteiger partial charge in [-0.25, -0.2) is 0 Å². The molecule has 5 unspecified atom stereocenters. The average molecular weight is 353 g/mol. The van der Waals surface area contributed by atoms with Crippen molar-refractivity contribution in [3.05, 3.63) is 35.9 Å². The second-order valence-electron chi connectivity index (χ2n) is 5.81. The fraction of sp³-hybridized carbons (Fsp3) is 0.529. The predicted molar refractivity (Wildman–Crippen MR) is 86.1 cm³/mol. The van der Waals surface area contributed by atoms with Gasteiger partial charge in [0, 0.05) is 13.8 Å². The van der Waals surface area contributed by atoms with Crippen molar-refractivity contribution < 1.29 is 34.0 Å². The third kappa shape index (κ3) is 5.23. The van der Waals surface area contributed by atoms with Crippen LogP contribution in [-0.2, 0) is 30.4 Å². The highest BCUT2D eigenvalue weighted by atomic mass is 16.7. The highest BCUT2D eigenvalue weighted by Crippen LogP contribution is 2.25. The number of benzene rings is 1. The van der Waals surface area contributed by atoms with E-state index >= 15 is 0 Å². The van der Waals surface area contributed by atoms with E-state index in [4.69, 9.17) is 14.2 Å². The van der Waals surface area contributed by atoms with Crippen LogP contribution in [0.1, 0.15) is 19.4 Å². The number of aliphatic hydroxyl groups is 2. The third-order valence-electron chi connectivity index (χ3n) is 3.78. The summed E-state index contributed by atoms with van der Waals surface area (Å²) in [6.07, 6.45) is -4.42. The number of ether oxygens (including phenoxy) is 3. The molecule has 1 aromatic rings. The molecule has 0 radical (unpaired) electrons. The largest absolute Gasteiger partial charge is 0.457 e. The maximum absolute atomic E-state index is 11.5. The zero-order valence-electron chi connectivity index (χ0n) is 14.1. The van der Waals surface area contributed by atoms with Gasteiger partial charge in [-0.05, 0) is 5.56 Å². The normalized spacial score (nSPS) is 29.0. The third-order valence-corrected chi connectivity index (χ3v) is 3.78. The van der Waals surface area contributed by atoms with Crippen LogP contribution in [-0.4, -0.2) is 59.3 Å². The molecule has 138 valence electrons. The molecular formula is C17H23NO7. The van der Waals surface area contributed by atoms with Gasteiger partial charge in [0.2, 0.25) is 5.91 Å². The Labute approximate surface area is 145 Å². The summed E-state index contributed by atoms with van der Waals surface area (Å²) in [5, 5.41) is 22.3. The van der Waals surface area contributed by atoms with Crippen molar-refractivity contribution in [3.8, 4) is 0 Å². The standard InChI is InChI=1S/C17H23NO7/c1-10(20)18-14-16(24-11(2)21)15(22)13(8-19)25-17(14)23-9-12-6-4-3-5-7-12/h3-7,13-17,19,22H,8-9H2,1-2H3,(H,18,20). The van der Waals surface area contributed by atoms with Crippen molar-refractivity contribution >= 4 is 11.9 Å². The monoisotopic (exact) mass is 353 g/mol.